The van der Waals surface area contributed by atoms with Gasteiger partial charge in [-0.25, -0.2) is 4.98 Å². The van der Waals surface area contributed by atoms with Gasteiger partial charge in [0.05, 0.1) is 0 Å². The molecule has 80 valence electrons. The Balaban J connectivity index is 2.10. The fourth-order valence-corrected chi connectivity index (χ4v) is 1.78. The van der Waals surface area contributed by atoms with Crippen molar-refractivity contribution in [2.24, 2.45) is 5.92 Å². The average molecular weight is 204 g/mol. The Morgan fingerprint density at radius 1 is 1.53 bits per heavy atom. The highest BCUT2D eigenvalue weighted by atomic mass is 16.1. The first-order valence-corrected chi connectivity index (χ1v) is 5.36. The van der Waals surface area contributed by atoms with Crippen LogP contribution >= 0.6 is 0 Å². The first kappa shape index (κ1) is 10.1. The Kier molecular flexibility index (Phi) is 2.71. The van der Waals surface area contributed by atoms with Gasteiger partial charge in [0.1, 0.15) is 5.82 Å². The number of aromatic nitrogens is 1. The maximum absolute atomic E-state index is 10.5. The molecule has 0 saturated heterocycles. The smallest absolute Gasteiger partial charge is 0.151 e. The van der Waals surface area contributed by atoms with E-state index in [1.165, 1.54) is 12.8 Å². The number of aldehydes is 1. The van der Waals surface area contributed by atoms with Gasteiger partial charge in [-0.05, 0) is 37.8 Å². The molecule has 0 radical (unpaired) electrons. The van der Waals surface area contributed by atoms with E-state index in [9.17, 15) is 4.79 Å². The van der Waals surface area contributed by atoms with Gasteiger partial charge in [-0.3, -0.25) is 4.79 Å². The lowest BCUT2D eigenvalue weighted by Crippen LogP contribution is -2.31. The monoisotopic (exact) mass is 204 g/mol. The number of pyridine rings is 1. The number of rotatable bonds is 4. The first-order valence-electron chi connectivity index (χ1n) is 5.36. The molecule has 1 aliphatic rings. The number of carbonyl (C=O) groups excluding carboxylic acids is 1. The van der Waals surface area contributed by atoms with Gasteiger partial charge in [0.2, 0.25) is 0 Å². The van der Waals surface area contributed by atoms with E-state index < -0.39 is 0 Å². The van der Waals surface area contributed by atoms with Gasteiger partial charge in [-0.15, -0.1) is 0 Å². The fourth-order valence-electron chi connectivity index (χ4n) is 1.78. The second-order valence-corrected chi connectivity index (χ2v) is 4.26. The standard InChI is InChI=1S/C12H16N2O/c1-9(11-4-5-11)14(2)12-6-3-10(8-15)7-13-12/h3,6-9,11H,4-5H2,1-2H3. The summed E-state index contributed by atoms with van der Waals surface area (Å²) < 4.78 is 0. The van der Waals surface area contributed by atoms with Crippen LogP contribution < -0.4 is 4.90 Å². The zero-order valence-electron chi connectivity index (χ0n) is 9.18. The molecular weight excluding hydrogens is 188 g/mol. The van der Waals surface area contributed by atoms with Crippen molar-refractivity contribution < 1.29 is 4.79 Å². The van der Waals surface area contributed by atoms with Crippen LogP contribution in [0.25, 0.3) is 0 Å². The van der Waals surface area contributed by atoms with Crippen LogP contribution in [0, 0.1) is 5.92 Å². The Morgan fingerprint density at radius 3 is 2.73 bits per heavy atom. The lowest BCUT2D eigenvalue weighted by molar-refractivity contribution is 0.112. The molecule has 1 aliphatic carbocycles. The van der Waals surface area contributed by atoms with E-state index in [1.807, 2.05) is 12.1 Å². The van der Waals surface area contributed by atoms with Gasteiger partial charge >= 0.3 is 0 Å². The maximum atomic E-state index is 10.5. The quantitative estimate of drug-likeness (QED) is 0.704. The van der Waals surface area contributed by atoms with E-state index in [-0.39, 0.29) is 0 Å². The molecule has 2 rings (SSSR count). The number of hydrogen-bond acceptors (Lipinski definition) is 3. The van der Waals surface area contributed by atoms with Crippen LogP contribution in [0.1, 0.15) is 30.1 Å². The molecule has 15 heavy (non-hydrogen) atoms. The molecule has 1 fully saturated rings. The van der Waals surface area contributed by atoms with Crippen molar-refractivity contribution in [3.05, 3.63) is 23.9 Å². The summed E-state index contributed by atoms with van der Waals surface area (Å²) >= 11 is 0. The van der Waals surface area contributed by atoms with Gasteiger partial charge in [0.25, 0.3) is 0 Å². The molecule has 1 atom stereocenters. The van der Waals surface area contributed by atoms with Crippen molar-refractivity contribution in [3.8, 4) is 0 Å². The molecule has 0 bridgehead atoms. The topological polar surface area (TPSA) is 33.2 Å². The fraction of sp³-hybridized carbons (Fsp3) is 0.500. The third-order valence-electron chi connectivity index (χ3n) is 3.18. The predicted molar refractivity (Wildman–Crippen MR) is 60.2 cm³/mol. The van der Waals surface area contributed by atoms with Gasteiger partial charge in [-0.2, -0.15) is 0 Å². The van der Waals surface area contributed by atoms with Gasteiger partial charge in [0, 0.05) is 24.8 Å². The molecule has 0 aliphatic heterocycles. The van der Waals surface area contributed by atoms with Crippen molar-refractivity contribution in [2.75, 3.05) is 11.9 Å². The van der Waals surface area contributed by atoms with E-state index in [4.69, 9.17) is 0 Å². The van der Waals surface area contributed by atoms with Crippen LogP contribution in [-0.4, -0.2) is 24.4 Å². The van der Waals surface area contributed by atoms with E-state index in [2.05, 4.69) is 23.9 Å². The van der Waals surface area contributed by atoms with Crippen LogP contribution in [0.5, 0.6) is 0 Å². The number of anilines is 1. The summed E-state index contributed by atoms with van der Waals surface area (Å²) in [5, 5.41) is 0. The summed E-state index contributed by atoms with van der Waals surface area (Å²) in [5.41, 5.74) is 0.631. The third-order valence-corrected chi connectivity index (χ3v) is 3.18. The Morgan fingerprint density at radius 2 is 2.27 bits per heavy atom. The molecule has 0 amide bonds. The van der Waals surface area contributed by atoms with E-state index >= 15 is 0 Å². The summed E-state index contributed by atoms with van der Waals surface area (Å²) in [7, 11) is 2.06. The summed E-state index contributed by atoms with van der Waals surface area (Å²) in [6.45, 7) is 2.23. The zero-order chi connectivity index (χ0) is 10.8. The van der Waals surface area contributed by atoms with E-state index in [1.54, 1.807) is 6.20 Å². The lowest BCUT2D eigenvalue weighted by Gasteiger charge is -2.25. The van der Waals surface area contributed by atoms with Crippen LogP contribution in [0.15, 0.2) is 18.3 Å². The third kappa shape index (κ3) is 2.17. The summed E-state index contributed by atoms with van der Waals surface area (Å²) in [5.74, 6) is 1.77. The molecular formula is C12H16N2O. The minimum absolute atomic E-state index is 0.541. The SMILES string of the molecule is CC(C1CC1)N(C)c1ccc(C=O)cn1. The Labute approximate surface area is 90.1 Å². The van der Waals surface area contributed by atoms with Crippen LogP contribution in [0.2, 0.25) is 0 Å². The molecule has 1 aromatic rings. The average Bonchev–Trinajstić information content (AvgIpc) is 3.11. The first-order chi connectivity index (χ1) is 7.22. The largest absolute Gasteiger partial charge is 0.357 e. The second kappa shape index (κ2) is 4.01. The minimum Gasteiger partial charge on any atom is -0.357 e. The highest BCUT2D eigenvalue weighted by molar-refractivity contribution is 5.74. The molecule has 3 heteroatoms. The van der Waals surface area contributed by atoms with Crippen LogP contribution in [-0.2, 0) is 0 Å². The van der Waals surface area contributed by atoms with Crippen molar-refractivity contribution >= 4 is 12.1 Å². The van der Waals surface area contributed by atoms with Crippen LogP contribution in [0.3, 0.4) is 0 Å². The Hall–Kier alpha value is -1.38. The highest BCUT2D eigenvalue weighted by Gasteiger charge is 2.30. The van der Waals surface area contributed by atoms with Gasteiger partial charge in [0.15, 0.2) is 6.29 Å². The Bertz CT molecular complexity index is 343. The summed E-state index contributed by atoms with van der Waals surface area (Å²) in [4.78, 5) is 16.9. The minimum atomic E-state index is 0.541. The van der Waals surface area contributed by atoms with Crippen molar-refractivity contribution in [3.63, 3.8) is 0 Å². The molecule has 1 heterocycles. The van der Waals surface area contributed by atoms with Crippen LogP contribution in [0.4, 0.5) is 5.82 Å². The van der Waals surface area contributed by atoms with Gasteiger partial charge in [-0.1, -0.05) is 0 Å². The van der Waals surface area contributed by atoms with Crippen molar-refractivity contribution in [1.82, 2.24) is 4.98 Å². The highest BCUT2D eigenvalue weighted by Crippen LogP contribution is 2.35. The summed E-state index contributed by atoms with van der Waals surface area (Å²) in [6.07, 6.45) is 5.11. The number of carbonyl (C=O) groups is 1. The molecule has 1 saturated carbocycles. The number of hydrogen-bond donors (Lipinski definition) is 0. The van der Waals surface area contributed by atoms with E-state index in [0.29, 0.717) is 11.6 Å². The molecule has 0 N–H and O–H groups in total. The molecule has 1 unspecified atom stereocenters. The molecule has 0 aromatic carbocycles. The van der Waals surface area contributed by atoms with Gasteiger partial charge < -0.3 is 4.90 Å². The summed E-state index contributed by atoms with van der Waals surface area (Å²) in [6, 6.07) is 4.26. The van der Waals surface area contributed by atoms with E-state index in [0.717, 1.165) is 18.0 Å². The lowest BCUT2D eigenvalue weighted by atomic mass is 10.2. The molecule has 1 aromatic heterocycles. The van der Waals surface area contributed by atoms with Crippen molar-refractivity contribution in [1.29, 1.82) is 0 Å². The maximum Gasteiger partial charge on any atom is 0.151 e. The predicted octanol–water partition coefficient (Wildman–Crippen LogP) is 2.13. The van der Waals surface area contributed by atoms with Crippen molar-refractivity contribution in [2.45, 2.75) is 25.8 Å². The number of nitrogens with zero attached hydrogens (tertiary/aromatic N) is 2. The second-order valence-electron chi connectivity index (χ2n) is 4.26. The zero-order valence-corrected chi connectivity index (χ0v) is 9.18. The molecule has 0 spiro atoms. The normalized spacial score (nSPS) is 17.2. The molecule has 3 nitrogen and oxygen atoms in total.